The monoisotopic (exact) mass is 757 g/mol. The number of fused-ring (bicyclic) bond motifs is 2. The van der Waals surface area contributed by atoms with Crippen LogP contribution in [0, 0.1) is 0 Å². The number of aryl methyl sites for hydroxylation is 1. The maximum atomic E-state index is 13.0. The van der Waals surface area contributed by atoms with Crippen LogP contribution in [0.4, 0.5) is 0 Å². The summed E-state index contributed by atoms with van der Waals surface area (Å²) in [5, 5.41) is 50.0. The minimum Gasteiger partial charge on any atom is -0.506 e. The molecule has 7 N–H and O–H groups in total. The topological polar surface area (TPSA) is 184 Å². The number of pyridine rings is 1. The summed E-state index contributed by atoms with van der Waals surface area (Å²) in [6.45, 7) is 2.10. The van der Waals surface area contributed by atoms with Crippen molar-refractivity contribution < 1.29 is 25.2 Å². The number of aliphatic hydroxyl groups is 2. The molecule has 6 aromatic rings. The molecule has 0 spiro atoms. The molecule has 0 radical (unpaired) electrons. The number of hydrogen-bond donors (Lipinski definition) is 7. The van der Waals surface area contributed by atoms with Gasteiger partial charge in [-0.2, -0.15) is 0 Å². The van der Waals surface area contributed by atoms with Gasteiger partial charge in [-0.3, -0.25) is 9.36 Å². The summed E-state index contributed by atoms with van der Waals surface area (Å²) >= 11 is 2.56. The molecule has 1 unspecified atom stereocenters. The minimum absolute atomic E-state index is 0.0584. The number of H-pyrrole nitrogens is 2. The molecule has 1 saturated carbocycles. The normalized spacial score (nSPS) is 18.1. The van der Waals surface area contributed by atoms with Crippen molar-refractivity contribution in [2.24, 2.45) is 0 Å². The molecular formula is C39H43N5O7S2. The fraction of sp³-hybridized carbons (Fsp3) is 0.359. The summed E-state index contributed by atoms with van der Waals surface area (Å²) in [5.74, 6) is -1.12. The van der Waals surface area contributed by atoms with E-state index in [9.17, 15) is 34.8 Å². The van der Waals surface area contributed by atoms with Gasteiger partial charge in [-0.1, -0.05) is 18.2 Å². The summed E-state index contributed by atoms with van der Waals surface area (Å²) in [6.07, 6.45) is 3.67. The van der Waals surface area contributed by atoms with Crippen molar-refractivity contribution in [1.82, 2.24) is 24.8 Å². The highest BCUT2D eigenvalue weighted by atomic mass is 32.1. The molecule has 278 valence electrons. The molecule has 1 aliphatic rings. The number of aromatic hydroxyl groups is 1. The van der Waals surface area contributed by atoms with Gasteiger partial charge in [0.15, 0.2) is 0 Å². The third kappa shape index (κ3) is 7.35. The molecule has 7 rings (SSSR count). The van der Waals surface area contributed by atoms with Gasteiger partial charge in [-0.05, 0) is 115 Å². The van der Waals surface area contributed by atoms with E-state index in [0.717, 1.165) is 60.8 Å². The van der Waals surface area contributed by atoms with E-state index in [1.165, 1.54) is 34.8 Å². The first-order chi connectivity index (χ1) is 25.5. The van der Waals surface area contributed by atoms with E-state index in [0.29, 0.717) is 39.8 Å². The standard InChI is InChI=1S/C39H43N5O7S2/c1-43(25-8-6-24(7-9-25)26-15-19-53-36(26)39(51,37(48)49)33-4-2-18-52-33)16-3-17-44-30-12-5-23(20-29(30)41-38(44)50)21-40-22-32(46)27-10-13-31(45)35-28(27)11-14-34(47)42-35/h2,4-5,10-15,18-20,24-25,32,40,45-46,51H,3,6-9,16-17,21-22H2,1H3,(H,41,50)(H,42,47)(H,48,49)/t24?,25?,32-,39?/m0/s1. The van der Waals surface area contributed by atoms with Crippen LogP contribution in [0.25, 0.3) is 21.9 Å². The second kappa shape index (κ2) is 15.4. The first-order valence-electron chi connectivity index (χ1n) is 17.8. The number of aliphatic carboxylic acids is 1. The zero-order valence-corrected chi connectivity index (χ0v) is 30.9. The molecule has 0 amide bonds. The van der Waals surface area contributed by atoms with Gasteiger partial charge in [0.25, 0.3) is 0 Å². The van der Waals surface area contributed by atoms with Crippen molar-refractivity contribution in [3.63, 3.8) is 0 Å². The first kappa shape index (κ1) is 36.8. The molecule has 53 heavy (non-hydrogen) atoms. The third-order valence-electron chi connectivity index (χ3n) is 10.6. The molecule has 1 fully saturated rings. The van der Waals surface area contributed by atoms with Gasteiger partial charge >= 0.3 is 11.7 Å². The maximum absolute atomic E-state index is 13.0. The number of phenols is 1. The van der Waals surface area contributed by atoms with Crippen molar-refractivity contribution in [3.8, 4) is 5.75 Å². The summed E-state index contributed by atoms with van der Waals surface area (Å²) in [6, 6.07) is 17.7. The smallest absolute Gasteiger partial charge is 0.347 e. The number of phenolic OH excluding ortho intramolecular Hbond substituents is 1. The van der Waals surface area contributed by atoms with Gasteiger partial charge in [0.1, 0.15) is 5.75 Å². The number of benzene rings is 2. The fourth-order valence-electron chi connectivity index (χ4n) is 7.78. The van der Waals surface area contributed by atoms with E-state index in [2.05, 4.69) is 27.2 Å². The predicted molar refractivity (Wildman–Crippen MR) is 207 cm³/mol. The summed E-state index contributed by atoms with van der Waals surface area (Å²) in [7, 11) is 2.13. The van der Waals surface area contributed by atoms with Gasteiger partial charge in [0.2, 0.25) is 11.2 Å². The number of carboxylic acids is 1. The van der Waals surface area contributed by atoms with E-state index < -0.39 is 17.7 Å². The van der Waals surface area contributed by atoms with Crippen molar-refractivity contribution >= 4 is 50.6 Å². The quantitative estimate of drug-likeness (QED) is 0.0786. The molecule has 0 bridgehead atoms. The van der Waals surface area contributed by atoms with E-state index in [4.69, 9.17) is 0 Å². The molecule has 2 aromatic carbocycles. The zero-order chi connectivity index (χ0) is 37.3. The number of aromatic nitrogens is 3. The SMILES string of the molecule is CN(CCCn1c(=O)[nH]c2cc(CNC[C@H](O)c3ccc(O)c4[nH]c(=O)ccc34)ccc21)C1CCC(c2ccsc2C(O)(C(=O)O)c2cccs2)CC1. The lowest BCUT2D eigenvalue weighted by atomic mass is 9.79. The number of imidazole rings is 1. The van der Waals surface area contributed by atoms with Crippen LogP contribution in [-0.2, 0) is 23.5 Å². The van der Waals surface area contributed by atoms with Crippen LogP contribution >= 0.6 is 22.7 Å². The van der Waals surface area contributed by atoms with Gasteiger partial charge < -0.3 is 40.6 Å². The maximum Gasteiger partial charge on any atom is 0.347 e. The minimum atomic E-state index is -2.04. The van der Waals surface area contributed by atoms with Gasteiger partial charge in [-0.15, -0.1) is 22.7 Å². The van der Waals surface area contributed by atoms with Crippen LogP contribution in [0.5, 0.6) is 5.75 Å². The molecule has 1 aliphatic carbocycles. The summed E-state index contributed by atoms with van der Waals surface area (Å²) < 4.78 is 1.77. The molecule has 12 nitrogen and oxygen atoms in total. The van der Waals surface area contributed by atoms with Crippen LogP contribution in [0.2, 0.25) is 0 Å². The Balaban J connectivity index is 0.909. The third-order valence-corrected chi connectivity index (χ3v) is 12.7. The van der Waals surface area contributed by atoms with Gasteiger partial charge in [-0.25, -0.2) is 9.59 Å². The van der Waals surface area contributed by atoms with Gasteiger partial charge in [0.05, 0.1) is 32.4 Å². The number of hydrogen-bond acceptors (Lipinski definition) is 10. The van der Waals surface area contributed by atoms with E-state index in [1.54, 1.807) is 34.2 Å². The van der Waals surface area contributed by atoms with E-state index in [1.807, 2.05) is 29.6 Å². The molecular weight excluding hydrogens is 715 g/mol. The lowest BCUT2D eigenvalue weighted by Gasteiger charge is -2.35. The second-order valence-electron chi connectivity index (χ2n) is 13.9. The van der Waals surface area contributed by atoms with Crippen molar-refractivity contribution in [2.75, 3.05) is 20.1 Å². The Bertz CT molecular complexity index is 2340. The Kier molecular flexibility index (Phi) is 10.7. The van der Waals surface area contributed by atoms with Crippen LogP contribution in [-0.4, -0.2) is 72.0 Å². The molecule has 4 aromatic heterocycles. The molecule has 2 atom stereocenters. The zero-order valence-electron chi connectivity index (χ0n) is 29.2. The molecule has 14 heteroatoms. The number of nitrogens with one attached hydrogen (secondary N) is 3. The van der Waals surface area contributed by atoms with Gasteiger partial charge in [0, 0.05) is 37.1 Å². The number of nitrogens with zero attached hydrogens (tertiary/aromatic N) is 2. The lowest BCUT2D eigenvalue weighted by molar-refractivity contribution is -0.154. The summed E-state index contributed by atoms with van der Waals surface area (Å²) in [5.41, 5.74) is 1.81. The fourth-order valence-corrected chi connectivity index (χ4v) is 9.75. The van der Waals surface area contributed by atoms with Crippen LogP contribution < -0.4 is 16.6 Å². The van der Waals surface area contributed by atoms with Crippen molar-refractivity contribution in [2.45, 2.75) is 68.9 Å². The first-order valence-corrected chi connectivity index (χ1v) is 19.5. The Labute approximate surface area is 313 Å². The number of rotatable bonds is 14. The largest absolute Gasteiger partial charge is 0.506 e. The number of carboxylic acid groups (broad SMARTS) is 1. The average Bonchev–Trinajstić information content (AvgIpc) is 3.93. The van der Waals surface area contributed by atoms with Crippen molar-refractivity contribution in [1.29, 1.82) is 0 Å². The molecule has 0 saturated heterocycles. The van der Waals surface area contributed by atoms with Crippen LogP contribution in [0.3, 0.4) is 0 Å². The Hall–Kier alpha value is -4.57. The Morgan fingerprint density at radius 2 is 1.85 bits per heavy atom. The molecule has 0 aliphatic heterocycles. The van der Waals surface area contributed by atoms with Crippen LogP contribution in [0.1, 0.15) is 70.6 Å². The molecule has 4 heterocycles. The highest BCUT2D eigenvalue weighted by molar-refractivity contribution is 7.12. The average molecular weight is 758 g/mol. The number of thiophene rings is 2. The van der Waals surface area contributed by atoms with Crippen molar-refractivity contribution in [3.05, 3.63) is 119 Å². The highest BCUT2D eigenvalue weighted by Crippen LogP contribution is 2.44. The predicted octanol–water partition coefficient (Wildman–Crippen LogP) is 5.19. The highest BCUT2D eigenvalue weighted by Gasteiger charge is 2.45. The van der Waals surface area contributed by atoms with E-state index in [-0.39, 0.29) is 35.0 Å². The number of carbonyl (C=O) groups is 1. The number of aliphatic hydroxyl groups excluding tert-OH is 1. The van der Waals surface area contributed by atoms with E-state index >= 15 is 0 Å². The summed E-state index contributed by atoms with van der Waals surface area (Å²) in [4.78, 5) is 45.9. The Morgan fingerprint density at radius 3 is 2.60 bits per heavy atom. The number of aromatic amines is 2. The second-order valence-corrected chi connectivity index (χ2v) is 15.8. The van der Waals surface area contributed by atoms with Crippen LogP contribution in [0.15, 0.2) is 81.0 Å². The Morgan fingerprint density at radius 1 is 1.04 bits per heavy atom. The lowest BCUT2D eigenvalue weighted by Crippen LogP contribution is -2.38.